The molecule has 3 aromatic heterocycles. The number of hydrogen-bond acceptors (Lipinski definition) is 6. The van der Waals surface area contributed by atoms with Crippen molar-refractivity contribution < 1.29 is 4.74 Å². The van der Waals surface area contributed by atoms with Gasteiger partial charge in [-0.3, -0.25) is 9.69 Å². The summed E-state index contributed by atoms with van der Waals surface area (Å²) in [7, 11) is 0. The number of aromatic nitrogens is 4. The molecule has 30 heavy (non-hydrogen) atoms. The van der Waals surface area contributed by atoms with E-state index in [4.69, 9.17) is 4.74 Å². The van der Waals surface area contributed by atoms with Gasteiger partial charge in [0.1, 0.15) is 17.8 Å². The molecule has 0 atom stereocenters. The van der Waals surface area contributed by atoms with E-state index < -0.39 is 0 Å². The van der Waals surface area contributed by atoms with Crippen LogP contribution in [-0.2, 0) is 11.3 Å². The number of nitrogens with zero attached hydrogens (tertiary/aromatic N) is 3. The van der Waals surface area contributed by atoms with Gasteiger partial charge in [0.2, 0.25) is 5.56 Å². The molecule has 1 aliphatic heterocycles. The molecule has 1 aliphatic rings. The first kappa shape index (κ1) is 18.5. The number of H-pyrrole nitrogens is 2. The summed E-state index contributed by atoms with van der Waals surface area (Å²) >= 11 is 0. The summed E-state index contributed by atoms with van der Waals surface area (Å²) in [4.78, 5) is 28.6. The van der Waals surface area contributed by atoms with E-state index in [0.717, 1.165) is 55.1 Å². The molecule has 0 unspecified atom stereocenters. The predicted octanol–water partition coefficient (Wildman–Crippen LogP) is 2.89. The molecule has 4 aromatic rings. The average Bonchev–Trinajstić information content (AvgIpc) is 3.21. The zero-order valence-electron chi connectivity index (χ0n) is 16.4. The molecule has 0 radical (unpaired) electrons. The van der Waals surface area contributed by atoms with Crippen LogP contribution in [-0.4, -0.2) is 51.1 Å². The fourth-order valence-electron chi connectivity index (χ4n) is 3.66. The van der Waals surface area contributed by atoms with Crippen molar-refractivity contribution in [2.24, 2.45) is 0 Å². The van der Waals surface area contributed by atoms with Crippen molar-refractivity contribution in [3.63, 3.8) is 0 Å². The quantitative estimate of drug-likeness (QED) is 0.475. The van der Waals surface area contributed by atoms with Gasteiger partial charge in [0, 0.05) is 43.3 Å². The van der Waals surface area contributed by atoms with Gasteiger partial charge in [-0.1, -0.05) is 24.3 Å². The van der Waals surface area contributed by atoms with Crippen LogP contribution in [0.2, 0.25) is 0 Å². The maximum atomic E-state index is 11.5. The zero-order chi connectivity index (χ0) is 20.3. The number of aromatic amines is 2. The maximum Gasteiger partial charge on any atom is 0.249 e. The highest BCUT2D eigenvalue weighted by molar-refractivity contribution is 5.92. The summed E-state index contributed by atoms with van der Waals surface area (Å²) in [5, 5.41) is 4.07. The average molecular weight is 402 g/mol. The topological polar surface area (TPSA) is 98.9 Å². The lowest BCUT2D eigenvalue weighted by Crippen LogP contribution is -2.35. The van der Waals surface area contributed by atoms with Gasteiger partial charge >= 0.3 is 0 Å². The highest BCUT2D eigenvalue weighted by atomic mass is 16.5. The molecule has 0 amide bonds. The second kappa shape index (κ2) is 8.10. The number of nitrogens with one attached hydrogen (secondary N) is 3. The third-order valence-corrected chi connectivity index (χ3v) is 5.24. The molecular weight excluding hydrogens is 380 g/mol. The second-order valence-electron chi connectivity index (χ2n) is 7.32. The van der Waals surface area contributed by atoms with Crippen LogP contribution in [0.4, 0.5) is 11.5 Å². The first-order chi connectivity index (χ1) is 14.7. The Kier molecular flexibility index (Phi) is 5.00. The van der Waals surface area contributed by atoms with Gasteiger partial charge in [0.25, 0.3) is 0 Å². The molecule has 4 heterocycles. The van der Waals surface area contributed by atoms with Gasteiger partial charge in [-0.15, -0.1) is 0 Å². The van der Waals surface area contributed by atoms with E-state index in [2.05, 4.69) is 54.4 Å². The Bertz CT molecular complexity index is 1210. The fraction of sp³-hybridized carbons (Fsp3) is 0.227. The lowest BCUT2D eigenvalue weighted by atomic mass is 10.1. The summed E-state index contributed by atoms with van der Waals surface area (Å²) in [5.74, 6) is 0.650. The summed E-state index contributed by atoms with van der Waals surface area (Å²) in [6, 6.07) is 13.9. The Morgan fingerprint density at radius 3 is 2.70 bits per heavy atom. The molecule has 0 bridgehead atoms. The normalized spacial score (nSPS) is 14.8. The number of ether oxygens (including phenoxy) is 1. The van der Waals surface area contributed by atoms with Crippen LogP contribution in [0.5, 0.6) is 0 Å². The number of morpholine rings is 1. The van der Waals surface area contributed by atoms with E-state index in [1.54, 1.807) is 12.3 Å². The van der Waals surface area contributed by atoms with Gasteiger partial charge in [-0.05, 0) is 23.3 Å². The molecule has 0 aliphatic carbocycles. The van der Waals surface area contributed by atoms with Crippen LogP contribution in [0.1, 0.15) is 5.56 Å². The van der Waals surface area contributed by atoms with Crippen LogP contribution in [0, 0.1) is 0 Å². The third kappa shape index (κ3) is 3.96. The molecule has 0 spiro atoms. The first-order valence-electron chi connectivity index (χ1n) is 9.93. The molecule has 8 nitrogen and oxygen atoms in total. The van der Waals surface area contributed by atoms with E-state index in [0.29, 0.717) is 11.5 Å². The Morgan fingerprint density at radius 1 is 1.07 bits per heavy atom. The van der Waals surface area contributed by atoms with Crippen LogP contribution in [0.15, 0.2) is 59.8 Å². The van der Waals surface area contributed by atoms with E-state index in [-0.39, 0.29) is 5.56 Å². The van der Waals surface area contributed by atoms with Gasteiger partial charge < -0.3 is 20.0 Å². The standard InChI is InChI=1S/C22H22N6O2/c29-20-11-17(5-6-23-20)26-21-18-12-19(27-22(18)25-14-24-21)16-3-1-15(2-4-16)13-28-7-9-30-10-8-28/h1-6,11-12,14H,7-10,13H2,(H3,23,24,25,26,27,29). The molecule has 5 rings (SSSR count). The molecule has 1 aromatic carbocycles. The molecule has 1 fully saturated rings. The Morgan fingerprint density at radius 2 is 1.90 bits per heavy atom. The highest BCUT2D eigenvalue weighted by Crippen LogP contribution is 2.28. The molecule has 3 N–H and O–H groups in total. The second-order valence-corrected chi connectivity index (χ2v) is 7.32. The number of rotatable bonds is 5. The number of anilines is 2. The summed E-state index contributed by atoms with van der Waals surface area (Å²) in [6.45, 7) is 4.51. The predicted molar refractivity (Wildman–Crippen MR) is 116 cm³/mol. The highest BCUT2D eigenvalue weighted by Gasteiger charge is 2.12. The number of fused-ring (bicyclic) bond motifs is 1. The first-order valence-corrected chi connectivity index (χ1v) is 9.93. The van der Waals surface area contributed by atoms with Crippen LogP contribution in [0.25, 0.3) is 22.3 Å². The monoisotopic (exact) mass is 402 g/mol. The molecule has 1 saturated heterocycles. The van der Waals surface area contributed by atoms with Crippen molar-refractivity contribution in [2.75, 3.05) is 31.6 Å². The van der Waals surface area contributed by atoms with Gasteiger partial charge in [-0.2, -0.15) is 0 Å². The van der Waals surface area contributed by atoms with Crippen molar-refractivity contribution in [1.82, 2.24) is 24.8 Å². The Hall–Kier alpha value is -3.49. The SMILES string of the molecule is O=c1cc(Nc2ncnc3[nH]c(-c4ccc(CN5CCOCC5)cc4)cc23)cc[nH]1. The largest absolute Gasteiger partial charge is 0.379 e. The van der Waals surface area contributed by atoms with E-state index >= 15 is 0 Å². The number of pyridine rings is 1. The molecule has 8 heteroatoms. The van der Waals surface area contributed by atoms with Crippen molar-refractivity contribution >= 4 is 22.5 Å². The Balaban J connectivity index is 1.39. The summed E-state index contributed by atoms with van der Waals surface area (Å²) < 4.78 is 5.42. The summed E-state index contributed by atoms with van der Waals surface area (Å²) in [6.07, 6.45) is 3.10. The van der Waals surface area contributed by atoms with Gasteiger partial charge in [-0.25, -0.2) is 9.97 Å². The fourth-order valence-corrected chi connectivity index (χ4v) is 3.66. The van der Waals surface area contributed by atoms with Gasteiger partial charge in [0.15, 0.2) is 0 Å². The van der Waals surface area contributed by atoms with Crippen LogP contribution >= 0.6 is 0 Å². The van der Waals surface area contributed by atoms with Crippen LogP contribution in [0.3, 0.4) is 0 Å². The minimum absolute atomic E-state index is 0.169. The van der Waals surface area contributed by atoms with E-state index in [9.17, 15) is 4.79 Å². The molecular formula is C22H22N6O2. The van der Waals surface area contributed by atoms with Crippen LogP contribution < -0.4 is 10.9 Å². The molecule has 0 saturated carbocycles. The van der Waals surface area contributed by atoms with Crippen molar-refractivity contribution in [3.05, 3.63) is 70.9 Å². The van der Waals surface area contributed by atoms with Crippen molar-refractivity contribution in [3.8, 4) is 11.3 Å². The maximum absolute atomic E-state index is 11.5. The van der Waals surface area contributed by atoms with Crippen molar-refractivity contribution in [2.45, 2.75) is 6.54 Å². The van der Waals surface area contributed by atoms with E-state index in [1.165, 1.54) is 18.0 Å². The van der Waals surface area contributed by atoms with Crippen molar-refractivity contribution in [1.29, 1.82) is 0 Å². The lowest BCUT2D eigenvalue weighted by molar-refractivity contribution is 0.0342. The van der Waals surface area contributed by atoms with Gasteiger partial charge in [0.05, 0.1) is 18.6 Å². The lowest BCUT2D eigenvalue weighted by Gasteiger charge is -2.26. The molecule has 152 valence electrons. The van der Waals surface area contributed by atoms with E-state index in [1.807, 2.05) is 6.07 Å². The smallest absolute Gasteiger partial charge is 0.249 e. The third-order valence-electron chi connectivity index (χ3n) is 5.24. The number of benzene rings is 1. The zero-order valence-corrected chi connectivity index (χ0v) is 16.4. The number of hydrogen-bond donors (Lipinski definition) is 3. The minimum Gasteiger partial charge on any atom is -0.379 e. The summed E-state index contributed by atoms with van der Waals surface area (Å²) in [5.41, 5.74) is 4.59. The Labute approximate surface area is 172 Å². The minimum atomic E-state index is -0.169.